The summed E-state index contributed by atoms with van der Waals surface area (Å²) in [7, 11) is 0. The van der Waals surface area contributed by atoms with Gasteiger partial charge in [0.15, 0.2) is 5.78 Å². The summed E-state index contributed by atoms with van der Waals surface area (Å²) >= 11 is 0. The number of benzene rings is 1. The van der Waals surface area contributed by atoms with E-state index in [1.54, 1.807) is 18.2 Å². The molecule has 0 amide bonds. The van der Waals surface area contributed by atoms with Crippen LogP contribution in [0.4, 0.5) is 5.69 Å². The predicted octanol–water partition coefficient (Wildman–Crippen LogP) is 2.99. The number of anilines is 1. The van der Waals surface area contributed by atoms with Crippen LogP contribution in [0.2, 0.25) is 0 Å². The lowest BCUT2D eigenvalue weighted by molar-refractivity contribution is 0.0787. The third kappa shape index (κ3) is 5.11. The molecule has 0 saturated heterocycles. The standard InChI is InChI=1S/C15H20N2O2/c1-11(2)19-8-4-7-17-15-9-13(10-16)5-6-14(15)12(3)18/h5-6,9,11,17H,4,7-8H2,1-3H3. The van der Waals surface area contributed by atoms with E-state index in [2.05, 4.69) is 11.4 Å². The molecule has 0 unspecified atom stereocenters. The van der Waals surface area contributed by atoms with Gasteiger partial charge in [-0.2, -0.15) is 5.26 Å². The zero-order valence-corrected chi connectivity index (χ0v) is 11.7. The minimum absolute atomic E-state index is 0.00887. The second-order valence-corrected chi connectivity index (χ2v) is 4.63. The van der Waals surface area contributed by atoms with Crippen LogP contribution in [-0.4, -0.2) is 25.0 Å². The van der Waals surface area contributed by atoms with Gasteiger partial charge >= 0.3 is 0 Å². The summed E-state index contributed by atoms with van der Waals surface area (Å²) < 4.78 is 5.44. The van der Waals surface area contributed by atoms with Crippen LogP contribution in [0.15, 0.2) is 18.2 Å². The van der Waals surface area contributed by atoms with Gasteiger partial charge in [-0.05, 0) is 45.4 Å². The molecule has 1 N–H and O–H groups in total. The molecule has 19 heavy (non-hydrogen) atoms. The average molecular weight is 260 g/mol. The fraction of sp³-hybridized carbons (Fsp3) is 0.467. The van der Waals surface area contributed by atoms with E-state index in [1.165, 1.54) is 6.92 Å². The van der Waals surface area contributed by atoms with Gasteiger partial charge in [0.1, 0.15) is 0 Å². The van der Waals surface area contributed by atoms with E-state index in [9.17, 15) is 4.79 Å². The first-order valence-corrected chi connectivity index (χ1v) is 6.45. The molecular weight excluding hydrogens is 240 g/mol. The highest BCUT2D eigenvalue weighted by Crippen LogP contribution is 2.18. The summed E-state index contributed by atoms with van der Waals surface area (Å²) in [6.07, 6.45) is 1.08. The Labute approximate surface area is 114 Å². The van der Waals surface area contributed by atoms with Gasteiger partial charge in [0.2, 0.25) is 0 Å². The number of hydrogen-bond acceptors (Lipinski definition) is 4. The van der Waals surface area contributed by atoms with Crippen molar-refractivity contribution in [3.05, 3.63) is 29.3 Å². The summed E-state index contributed by atoms with van der Waals surface area (Å²) in [5.41, 5.74) is 1.88. The molecule has 1 aromatic carbocycles. The van der Waals surface area contributed by atoms with E-state index < -0.39 is 0 Å². The Kier molecular flexibility index (Phi) is 6.04. The SMILES string of the molecule is CC(=O)c1ccc(C#N)cc1NCCCOC(C)C. The fourth-order valence-corrected chi connectivity index (χ4v) is 1.68. The number of nitrogens with zero attached hydrogens (tertiary/aromatic N) is 1. The number of Topliss-reactive ketones (excluding diaryl/α,β-unsaturated/α-hetero) is 1. The molecule has 102 valence electrons. The maximum absolute atomic E-state index is 11.5. The molecule has 0 aromatic heterocycles. The van der Waals surface area contributed by atoms with Gasteiger partial charge in [-0.3, -0.25) is 4.79 Å². The number of carbonyl (C=O) groups excluding carboxylic acids is 1. The Morgan fingerprint density at radius 3 is 2.79 bits per heavy atom. The molecule has 4 nitrogen and oxygen atoms in total. The number of nitrogens with one attached hydrogen (secondary N) is 1. The molecule has 4 heteroatoms. The topological polar surface area (TPSA) is 62.1 Å². The van der Waals surface area contributed by atoms with Crippen LogP contribution < -0.4 is 5.32 Å². The summed E-state index contributed by atoms with van der Waals surface area (Å²) in [6, 6.07) is 7.13. The third-order valence-corrected chi connectivity index (χ3v) is 2.62. The van der Waals surface area contributed by atoms with Crippen LogP contribution in [0.25, 0.3) is 0 Å². The van der Waals surface area contributed by atoms with Crippen molar-refractivity contribution >= 4 is 11.5 Å². The maximum Gasteiger partial charge on any atom is 0.161 e. The molecule has 0 spiro atoms. The highest BCUT2D eigenvalue weighted by molar-refractivity contribution is 5.99. The van der Waals surface area contributed by atoms with Crippen molar-refractivity contribution in [2.45, 2.75) is 33.3 Å². The Morgan fingerprint density at radius 2 is 2.21 bits per heavy atom. The summed E-state index contributed by atoms with van der Waals surface area (Å²) in [4.78, 5) is 11.5. The van der Waals surface area contributed by atoms with Crippen molar-refractivity contribution in [3.63, 3.8) is 0 Å². The van der Waals surface area contributed by atoms with Crippen molar-refractivity contribution in [1.29, 1.82) is 5.26 Å². The smallest absolute Gasteiger partial charge is 0.161 e. The Balaban J connectivity index is 2.60. The average Bonchev–Trinajstić information content (AvgIpc) is 2.37. The Hall–Kier alpha value is -1.86. The van der Waals surface area contributed by atoms with Crippen LogP contribution in [0.3, 0.4) is 0 Å². The van der Waals surface area contributed by atoms with Crippen LogP contribution in [0.1, 0.15) is 43.1 Å². The molecule has 0 aliphatic rings. The first kappa shape index (κ1) is 15.2. The largest absolute Gasteiger partial charge is 0.384 e. The molecule has 0 fully saturated rings. The summed E-state index contributed by atoms with van der Waals surface area (Å²) in [5.74, 6) is -0.00887. The van der Waals surface area contributed by atoms with E-state index >= 15 is 0 Å². The minimum atomic E-state index is -0.00887. The molecule has 0 aliphatic carbocycles. The van der Waals surface area contributed by atoms with Gasteiger partial charge < -0.3 is 10.1 Å². The summed E-state index contributed by atoms with van der Waals surface area (Å²) in [5, 5.41) is 12.1. The Bertz CT molecular complexity index is 476. The number of rotatable bonds is 7. The second kappa shape index (κ2) is 7.55. The first-order chi connectivity index (χ1) is 9.04. The molecule has 0 saturated carbocycles. The maximum atomic E-state index is 11.5. The van der Waals surface area contributed by atoms with Gasteiger partial charge in [-0.15, -0.1) is 0 Å². The van der Waals surface area contributed by atoms with Gasteiger partial charge in [-0.1, -0.05) is 0 Å². The summed E-state index contributed by atoms with van der Waals surface area (Å²) in [6.45, 7) is 6.91. The fourth-order valence-electron chi connectivity index (χ4n) is 1.68. The lowest BCUT2D eigenvalue weighted by Gasteiger charge is -2.11. The second-order valence-electron chi connectivity index (χ2n) is 4.63. The van der Waals surface area contributed by atoms with Crippen molar-refractivity contribution in [3.8, 4) is 6.07 Å². The van der Waals surface area contributed by atoms with E-state index in [-0.39, 0.29) is 11.9 Å². The number of nitriles is 1. The zero-order chi connectivity index (χ0) is 14.3. The van der Waals surface area contributed by atoms with Crippen molar-refractivity contribution in [2.24, 2.45) is 0 Å². The van der Waals surface area contributed by atoms with E-state index in [0.717, 1.165) is 12.1 Å². The number of ketones is 1. The van der Waals surface area contributed by atoms with Gasteiger partial charge in [0.25, 0.3) is 0 Å². The molecule has 0 aliphatic heterocycles. The number of ether oxygens (including phenoxy) is 1. The van der Waals surface area contributed by atoms with Crippen molar-refractivity contribution in [2.75, 3.05) is 18.5 Å². The van der Waals surface area contributed by atoms with Gasteiger partial charge in [0.05, 0.1) is 17.7 Å². The van der Waals surface area contributed by atoms with Crippen LogP contribution in [0.5, 0.6) is 0 Å². The molecule has 0 atom stereocenters. The molecule has 0 bridgehead atoms. The number of hydrogen-bond donors (Lipinski definition) is 1. The quantitative estimate of drug-likeness (QED) is 0.604. The van der Waals surface area contributed by atoms with Gasteiger partial charge in [0, 0.05) is 24.4 Å². The molecule has 0 radical (unpaired) electrons. The molecule has 0 heterocycles. The normalized spacial score (nSPS) is 10.3. The molecular formula is C15H20N2O2. The van der Waals surface area contributed by atoms with Crippen LogP contribution in [-0.2, 0) is 4.74 Å². The lowest BCUT2D eigenvalue weighted by atomic mass is 10.1. The molecule has 1 rings (SSSR count). The highest BCUT2D eigenvalue weighted by Gasteiger charge is 2.07. The molecule has 1 aromatic rings. The minimum Gasteiger partial charge on any atom is -0.384 e. The number of carbonyl (C=O) groups is 1. The monoisotopic (exact) mass is 260 g/mol. The highest BCUT2D eigenvalue weighted by atomic mass is 16.5. The zero-order valence-electron chi connectivity index (χ0n) is 11.7. The van der Waals surface area contributed by atoms with E-state index in [0.29, 0.717) is 24.3 Å². The van der Waals surface area contributed by atoms with Gasteiger partial charge in [-0.25, -0.2) is 0 Å². The lowest BCUT2D eigenvalue weighted by Crippen LogP contribution is -2.11. The van der Waals surface area contributed by atoms with Crippen molar-refractivity contribution < 1.29 is 9.53 Å². The van der Waals surface area contributed by atoms with Crippen molar-refractivity contribution in [1.82, 2.24) is 0 Å². The third-order valence-electron chi connectivity index (χ3n) is 2.62. The van der Waals surface area contributed by atoms with Crippen LogP contribution in [0, 0.1) is 11.3 Å². The predicted molar refractivity (Wildman–Crippen MR) is 75.4 cm³/mol. The Morgan fingerprint density at radius 1 is 1.47 bits per heavy atom. The van der Waals surface area contributed by atoms with Crippen LogP contribution >= 0.6 is 0 Å². The van der Waals surface area contributed by atoms with E-state index in [1.807, 2.05) is 13.8 Å². The van der Waals surface area contributed by atoms with E-state index in [4.69, 9.17) is 10.00 Å². The first-order valence-electron chi connectivity index (χ1n) is 6.45.